The molecule has 1 saturated heterocycles. The minimum atomic E-state index is -0.606. The number of hydrogen-bond donors (Lipinski definition) is 0. The molecule has 0 aliphatic carbocycles. The molecule has 1 aliphatic heterocycles. The highest BCUT2D eigenvalue weighted by Gasteiger charge is 2.21. The zero-order valence-corrected chi connectivity index (χ0v) is 19.1. The van der Waals surface area contributed by atoms with Crippen LogP contribution in [-0.4, -0.2) is 61.3 Å². The Morgan fingerprint density at radius 2 is 1.50 bits per heavy atom. The number of piperazine rings is 1. The molecule has 0 N–H and O–H groups in total. The van der Waals surface area contributed by atoms with E-state index in [1.165, 1.54) is 0 Å². The molecule has 2 rings (SSSR count). The third-order valence-electron chi connectivity index (χ3n) is 5.27. The van der Waals surface area contributed by atoms with E-state index in [2.05, 4.69) is 51.3 Å². The lowest BCUT2D eigenvalue weighted by molar-refractivity contribution is 0.0658. The lowest BCUT2D eigenvalue weighted by atomic mass is 9.94. The first-order chi connectivity index (χ1) is 12.8. The molecule has 6 heteroatoms. The smallest absolute Gasteiger partial charge is 0.433 e. The Kier molecular flexibility index (Phi) is 10.3. The highest BCUT2D eigenvalue weighted by atomic mass is 35.5. The third-order valence-corrected chi connectivity index (χ3v) is 5.27. The maximum Gasteiger partial charge on any atom is 0.513 e. The van der Waals surface area contributed by atoms with Crippen LogP contribution in [0.15, 0.2) is 18.2 Å². The number of hydrogen-bond acceptors (Lipinski definition) is 5. The largest absolute Gasteiger partial charge is 0.513 e. The van der Waals surface area contributed by atoms with Crippen molar-refractivity contribution >= 4 is 18.6 Å². The van der Waals surface area contributed by atoms with Gasteiger partial charge in [-0.15, -0.1) is 12.4 Å². The molecular formula is C22H37ClN2O3. The molecule has 1 fully saturated rings. The van der Waals surface area contributed by atoms with Crippen LogP contribution in [0.2, 0.25) is 0 Å². The molecule has 0 bridgehead atoms. The van der Waals surface area contributed by atoms with Crippen molar-refractivity contribution in [3.8, 4) is 5.75 Å². The number of para-hydroxylation sites is 1. The molecule has 0 amide bonds. The van der Waals surface area contributed by atoms with Crippen LogP contribution >= 0.6 is 12.4 Å². The van der Waals surface area contributed by atoms with Gasteiger partial charge in [-0.1, -0.05) is 45.9 Å². The Bertz CT molecular complexity index is 586. The van der Waals surface area contributed by atoms with Crippen molar-refractivity contribution in [2.24, 2.45) is 0 Å². The monoisotopic (exact) mass is 412 g/mol. The van der Waals surface area contributed by atoms with Crippen molar-refractivity contribution in [3.05, 3.63) is 29.3 Å². The van der Waals surface area contributed by atoms with Gasteiger partial charge in [-0.25, -0.2) is 4.79 Å². The van der Waals surface area contributed by atoms with Crippen molar-refractivity contribution in [1.29, 1.82) is 0 Å². The molecule has 1 heterocycles. The number of ether oxygens (including phenoxy) is 2. The Morgan fingerprint density at radius 1 is 0.964 bits per heavy atom. The normalized spacial score (nSPS) is 15.8. The Labute approximate surface area is 176 Å². The Morgan fingerprint density at radius 3 is 1.96 bits per heavy atom. The Hall–Kier alpha value is -1.30. The van der Waals surface area contributed by atoms with Crippen LogP contribution in [0.25, 0.3) is 0 Å². The molecule has 0 aromatic heterocycles. The van der Waals surface area contributed by atoms with E-state index < -0.39 is 6.16 Å². The van der Waals surface area contributed by atoms with E-state index in [1.807, 2.05) is 18.2 Å². The zero-order valence-electron chi connectivity index (χ0n) is 18.2. The maximum atomic E-state index is 12.3. The summed E-state index contributed by atoms with van der Waals surface area (Å²) < 4.78 is 11.0. The lowest BCUT2D eigenvalue weighted by Crippen LogP contribution is -2.49. The van der Waals surface area contributed by atoms with Crippen molar-refractivity contribution < 1.29 is 14.3 Å². The van der Waals surface area contributed by atoms with Gasteiger partial charge in [0.25, 0.3) is 0 Å². The fourth-order valence-electron chi connectivity index (χ4n) is 3.47. The van der Waals surface area contributed by atoms with E-state index in [9.17, 15) is 4.79 Å². The van der Waals surface area contributed by atoms with E-state index in [-0.39, 0.29) is 24.2 Å². The lowest BCUT2D eigenvalue weighted by Gasteiger charge is -2.36. The van der Waals surface area contributed by atoms with E-state index in [1.54, 1.807) is 0 Å². The number of carbonyl (C=O) groups is 1. The average molecular weight is 413 g/mol. The third kappa shape index (κ3) is 6.94. The molecule has 28 heavy (non-hydrogen) atoms. The topological polar surface area (TPSA) is 42.0 Å². The van der Waals surface area contributed by atoms with Crippen LogP contribution in [0.1, 0.15) is 64.5 Å². The van der Waals surface area contributed by atoms with Crippen molar-refractivity contribution in [2.45, 2.75) is 59.4 Å². The quantitative estimate of drug-likeness (QED) is 0.470. The highest BCUT2D eigenvalue weighted by Crippen LogP contribution is 2.34. The first kappa shape index (κ1) is 24.7. The minimum absolute atomic E-state index is 0. The van der Waals surface area contributed by atoms with Gasteiger partial charge in [-0.05, 0) is 36.8 Å². The summed E-state index contributed by atoms with van der Waals surface area (Å²) in [5.41, 5.74) is 2.09. The second-order valence-corrected chi connectivity index (χ2v) is 8.25. The van der Waals surface area contributed by atoms with Gasteiger partial charge in [-0.3, -0.25) is 9.80 Å². The second kappa shape index (κ2) is 11.6. The number of carbonyl (C=O) groups excluding carboxylic acids is 1. The van der Waals surface area contributed by atoms with Crippen LogP contribution in [0.3, 0.4) is 0 Å². The summed E-state index contributed by atoms with van der Waals surface area (Å²) in [6.07, 6.45) is -0.606. The Balaban J connectivity index is 0.00000392. The summed E-state index contributed by atoms with van der Waals surface area (Å²) >= 11 is 0. The number of benzene rings is 1. The molecule has 1 aromatic rings. The van der Waals surface area contributed by atoms with Gasteiger partial charge < -0.3 is 9.47 Å². The predicted molar refractivity (Wildman–Crippen MR) is 117 cm³/mol. The minimum Gasteiger partial charge on any atom is -0.433 e. The van der Waals surface area contributed by atoms with Gasteiger partial charge in [0.1, 0.15) is 12.4 Å². The van der Waals surface area contributed by atoms with Gasteiger partial charge >= 0.3 is 6.16 Å². The zero-order chi connectivity index (χ0) is 20.0. The van der Waals surface area contributed by atoms with E-state index in [0.29, 0.717) is 18.4 Å². The molecule has 0 atom stereocenters. The SMILES string of the molecule is CC(C)c1cccc(C(C)C)c1OC(=O)OCCN1CCN(C(C)C)CC1.Cl. The predicted octanol–water partition coefficient (Wildman–Crippen LogP) is 4.90. The van der Waals surface area contributed by atoms with Gasteiger partial charge in [0, 0.05) is 38.8 Å². The second-order valence-electron chi connectivity index (χ2n) is 8.25. The molecule has 0 unspecified atom stereocenters. The first-order valence-corrected chi connectivity index (χ1v) is 10.2. The molecule has 1 aromatic carbocycles. The molecule has 1 aliphatic rings. The molecule has 5 nitrogen and oxygen atoms in total. The van der Waals surface area contributed by atoms with Gasteiger partial charge in [0.2, 0.25) is 0 Å². The summed E-state index contributed by atoms with van der Waals surface area (Å²) in [7, 11) is 0. The van der Waals surface area contributed by atoms with E-state index >= 15 is 0 Å². The number of rotatable bonds is 7. The van der Waals surface area contributed by atoms with Gasteiger partial charge in [0.15, 0.2) is 0 Å². The average Bonchev–Trinajstić information content (AvgIpc) is 2.61. The van der Waals surface area contributed by atoms with Crippen LogP contribution in [0.4, 0.5) is 4.79 Å². The fraction of sp³-hybridized carbons (Fsp3) is 0.682. The standard InChI is InChI=1S/C22H36N2O3.ClH/c1-16(2)19-8-7-9-20(17(3)4)21(19)27-22(25)26-15-14-23-10-12-24(13-11-23)18(5)6;/h7-9,16-18H,10-15H2,1-6H3;1H. The summed E-state index contributed by atoms with van der Waals surface area (Å²) in [4.78, 5) is 17.1. The number of nitrogens with zero attached hydrogens (tertiary/aromatic N) is 2. The van der Waals surface area contributed by atoms with Gasteiger partial charge in [0.05, 0.1) is 0 Å². The van der Waals surface area contributed by atoms with Crippen molar-refractivity contribution in [2.75, 3.05) is 39.3 Å². The molecule has 160 valence electrons. The molecule has 0 radical (unpaired) electrons. The highest BCUT2D eigenvalue weighted by molar-refractivity contribution is 5.85. The van der Waals surface area contributed by atoms with Crippen LogP contribution in [0, 0.1) is 0 Å². The number of halogens is 1. The van der Waals surface area contributed by atoms with E-state index in [4.69, 9.17) is 9.47 Å². The summed E-state index contributed by atoms with van der Waals surface area (Å²) in [6, 6.07) is 6.66. The fourth-order valence-corrected chi connectivity index (χ4v) is 3.47. The van der Waals surface area contributed by atoms with Crippen LogP contribution < -0.4 is 4.74 Å². The van der Waals surface area contributed by atoms with Gasteiger partial charge in [-0.2, -0.15) is 0 Å². The summed E-state index contributed by atoms with van der Waals surface area (Å²) in [5.74, 6) is 1.23. The molecule has 0 saturated carbocycles. The first-order valence-electron chi connectivity index (χ1n) is 10.2. The molecule has 0 spiro atoms. The van der Waals surface area contributed by atoms with Crippen LogP contribution in [0.5, 0.6) is 5.75 Å². The summed E-state index contributed by atoms with van der Waals surface area (Å²) in [6.45, 7) is 18.2. The molecular weight excluding hydrogens is 376 g/mol. The van der Waals surface area contributed by atoms with E-state index in [0.717, 1.165) is 43.9 Å². The maximum absolute atomic E-state index is 12.3. The summed E-state index contributed by atoms with van der Waals surface area (Å²) in [5, 5.41) is 0. The van der Waals surface area contributed by atoms with Crippen molar-refractivity contribution in [3.63, 3.8) is 0 Å². The van der Waals surface area contributed by atoms with Crippen LogP contribution in [-0.2, 0) is 4.74 Å². The van der Waals surface area contributed by atoms with Crippen molar-refractivity contribution in [1.82, 2.24) is 9.80 Å².